The molecule has 2 aromatic heterocycles. The first kappa shape index (κ1) is 97.3. The summed E-state index contributed by atoms with van der Waals surface area (Å²) in [6, 6.07) is 4.81. The van der Waals surface area contributed by atoms with Crippen LogP contribution < -0.4 is 103 Å². The average Bonchev–Trinajstić information content (AvgIpc) is 1.68. The van der Waals surface area contributed by atoms with Gasteiger partial charge in [0.2, 0.25) is 100 Å². The van der Waals surface area contributed by atoms with Gasteiger partial charge in [-0.15, -0.1) is 0 Å². The number of primary amides is 3. The molecule has 17 amide bonds. The van der Waals surface area contributed by atoms with Crippen LogP contribution in [0.4, 0.5) is 0 Å². The van der Waals surface area contributed by atoms with Gasteiger partial charge in [-0.1, -0.05) is 108 Å². The summed E-state index contributed by atoms with van der Waals surface area (Å²) in [6.07, 6.45) is 3.34. The Morgan fingerprint density at radius 2 is 1.02 bits per heavy atom. The van der Waals surface area contributed by atoms with Crippen LogP contribution >= 0.6 is 0 Å². The minimum absolute atomic E-state index is 0.0000826. The standard InChI is InChI=1S/C81H115N23O18/c1-7-8-18-53(69(84)111)97-78(120)60(35-46-15-10-9-11-16-46)102-79(121)62(38-49-40-87-42-92-49)95-66(109)31-33-88-80(122)68(44(4)5)104-70(112)45(6)93-76(118)61(37-48-39-90-52-19-13-12-17-51(48)52)103-75(117)57(26-29-64(83)107)100-77(119)59(36-47-21-23-50(105)24-22-47)96-67(110)41-91-71(113)58(34-43(2)3)101-72(114)54(20-14-32-89-81(85)86)98-74(116)56(25-28-63(82)106)99-73(115)55-27-30-65(108)94-55/h9-13,15-17,19,21-24,39-40,42-45,53-62,68,90,105H,7-8,14,18,20,25-38,41H2,1-6H3,(H2,82,106)(H2,83,107)(H2,84,111)(H,87,92)(H,88,122)(H,91,113)(H,93,118)(H,94,108)(H,95,109)(H,96,110)(H,97,120)(H,98,116)(H,99,115)(H,100,119)(H,101,114)(H,102,121)(H,103,117)(H,104,112)(H4,85,86,89)/t45-,53-,54-,55-,56-,57-,58-,59+,60-,61-,62-,68-/m0/s1. The van der Waals surface area contributed by atoms with Crippen molar-refractivity contribution < 1.29 is 86.6 Å². The predicted octanol–water partition coefficient (Wildman–Crippen LogP) is -3.71. The monoisotopic (exact) mass is 1700 g/mol. The molecule has 0 unspecified atom stereocenters. The molecule has 3 aromatic carbocycles. The fourth-order valence-electron chi connectivity index (χ4n) is 13.1. The molecule has 0 aliphatic carbocycles. The predicted molar refractivity (Wildman–Crippen MR) is 444 cm³/mol. The van der Waals surface area contributed by atoms with Crippen molar-refractivity contribution in [1.82, 2.24) is 94.7 Å². The van der Waals surface area contributed by atoms with Crippen LogP contribution in [0.3, 0.4) is 0 Å². The molecular weight excluding hydrogens is 1580 g/mol. The topological polar surface area (TPSA) is 663 Å². The quantitative estimate of drug-likeness (QED) is 0.0101. The maximum atomic E-state index is 14.8. The van der Waals surface area contributed by atoms with Gasteiger partial charge < -0.3 is 118 Å². The van der Waals surface area contributed by atoms with Crippen LogP contribution in [-0.2, 0) is 107 Å². The Kier molecular flexibility index (Phi) is 39.2. The Balaban J connectivity index is 1.15. The Labute approximate surface area is 704 Å². The number of carbonyl (C=O) groups is 17. The summed E-state index contributed by atoms with van der Waals surface area (Å²) in [6.45, 7) is 8.82. The van der Waals surface area contributed by atoms with Crippen LogP contribution in [0, 0.1) is 17.2 Å². The third-order valence-corrected chi connectivity index (χ3v) is 19.8. The number of phenolic OH excluding ortho intramolecular Hbond substituents is 1. The lowest BCUT2D eigenvalue weighted by Crippen LogP contribution is -2.60. The van der Waals surface area contributed by atoms with Gasteiger partial charge in [-0.2, -0.15) is 0 Å². The number of nitrogens with one attached hydrogen (secondary N) is 18. The molecule has 27 N–H and O–H groups in total. The number of nitrogens with zero attached hydrogens (tertiary/aromatic N) is 1. The first-order valence-electron chi connectivity index (χ1n) is 40.4. The first-order valence-corrected chi connectivity index (χ1v) is 40.4. The summed E-state index contributed by atoms with van der Waals surface area (Å²) in [7, 11) is 0. The summed E-state index contributed by atoms with van der Waals surface area (Å²) < 4.78 is 0. The van der Waals surface area contributed by atoms with E-state index >= 15 is 0 Å². The molecule has 662 valence electrons. The number of aromatic amines is 2. The highest BCUT2D eigenvalue weighted by Gasteiger charge is 2.38. The summed E-state index contributed by atoms with van der Waals surface area (Å²) >= 11 is 0. The van der Waals surface area contributed by atoms with Crippen molar-refractivity contribution in [3.05, 3.63) is 120 Å². The van der Waals surface area contributed by atoms with Gasteiger partial charge in [-0.05, 0) is 98.6 Å². The van der Waals surface area contributed by atoms with Crippen LogP contribution in [0.15, 0.2) is 97.6 Å². The zero-order chi connectivity index (χ0) is 89.7. The second-order valence-corrected chi connectivity index (χ2v) is 30.6. The summed E-state index contributed by atoms with van der Waals surface area (Å²) in [4.78, 5) is 243. The van der Waals surface area contributed by atoms with E-state index in [1.807, 2.05) is 6.92 Å². The number of H-pyrrole nitrogens is 2. The number of hydrogen-bond acceptors (Lipinski definition) is 20. The number of amides is 17. The molecule has 0 spiro atoms. The van der Waals surface area contributed by atoms with E-state index in [0.717, 1.165) is 0 Å². The van der Waals surface area contributed by atoms with Crippen molar-refractivity contribution in [3.8, 4) is 5.75 Å². The second-order valence-electron chi connectivity index (χ2n) is 30.6. The van der Waals surface area contributed by atoms with Crippen molar-refractivity contribution in [2.45, 2.75) is 223 Å². The molecule has 3 heterocycles. The molecule has 6 rings (SSSR count). The van der Waals surface area contributed by atoms with E-state index in [4.69, 9.17) is 28.3 Å². The second kappa shape index (κ2) is 49.1. The number of carbonyl (C=O) groups excluding carboxylic acids is 17. The number of aromatic nitrogens is 3. The van der Waals surface area contributed by atoms with Crippen LogP contribution in [0.25, 0.3) is 10.9 Å². The zero-order valence-electron chi connectivity index (χ0n) is 69.1. The van der Waals surface area contributed by atoms with Crippen molar-refractivity contribution in [2.75, 3.05) is 19.6 Å². The van der Waals surface area contributed by atoms with E-state index < -0.39 is 211 Å². The van der Waals surface area contributed by atoms with E-state index in [9.17, 15) is 86.6 Å². The Morgan fingerprint density at radius 1 is 0.500 bits per heavy atom. The highest BCUT2D eigenvalue weighted by Crippen LogP contribution is 2.21. The number of unbranched alkanes of at least 4 members (excludes halogenated alkanes) is 1. The fourth-order valence-corrected chi connectivity index (χ4v) is 13.1. The molecular formula is C81H115N23O18. The van der Waals surface area contributed by atoms with Gasteiger partial charge in [-0.3, -0.25) is 86.9 Å². The van der Waals surface area contributed by atoms with E-state index in [1.165, 1.54) is 43.7 Å². The molecule has 41 nitrogen and oxygen atoms in total. The minimum atomic E-state index is -1.70. The molecule has 41 heteroatoms. The molecule has 12 atom stereocenters. The number of para-hydroxylation sites is 1. The van der Waals surface area contributed by atoms with Gasteiger partial charge in [0.15, 0.2) is 5.96 Å². The average molecular weight is 1700 g/mol. The molecule has 1 fully saturated rings. The smallest absolute Gasteiger partial charge is 0.243 e. The lowest BCUT2D eigenvalue weighted by molar-refractivity contribution is -0.135. The van der Waals surface area contributed by atoms with Crippen molar-refractivity contribution in [2.24, 2.45) is 34.8 Å². The Hall–Kier alpha value is -13.5. The zero-order valence-corrected chi connectivity index (χ0v) is 69.1. The number of imidazole rings is 1. The lowest BCUT2D eigenvalue weighted by Gasteiger charge is -2.27. The van der Waals surface area contributed by atoms with E-state index in [2.05, 4.69) is 94.7 Å². The SMILES string of the molecule is CCCC[C@H](NC(=O)[C@H](Cc1ccccc1)NC(=O)[C@H](Cc1c[nH]cn1)NC(=O)CCNC(=O)[C@@H](NC(=O)[C@H](C)NC(=O)[C@H](Cc1c[nH]c2ccccc12)NC(=O)[C@H](CCC(N)=O)NC(=O)[C@@H](Cc1ccc(O)cc1)NC(=O)CNC(=O)[C@H](CC(C)C)NC(=O)[C@H](CCCNC(=N)N)NC(=O)[C@H](CCC(N)=O)NC(=O)[C@@H]1CCC(=O)N1)C(C)C)C(N)=O. The van der Waals surface area contributed by atoms with E-state index in [1.54, 1.807) is 88.5 Å². The largest absolute Gasteiger partial charge is 0.508 e. The minimum Gasteiger partial charge on any atom is -0.508 e. The van der Waals surface area contributed by atoms with Gasteiger partial charge >= 0.3 is 0 Å². The molecule has 0 saturated carbocycles. The van der Waals surface area contributed by atoms with Crippen molar-refractivity contribution >= 4 is 117 Å². The summed E-state index contributed by atoms with van der Waals surface area (Å²) in [5, 5.41) is 57.3. The van der Waals surface area contributed by atoms with Crippen LogP contribution in [0.1, 0.15) is 147 Å². The summed E-state index contributed by atoms with van der Waals surface area (Å²) in [5.41, 5.74) is 24.6. The molecule has 1 saturated heterocycles. The Bertz CT molecular complexity index is 4470. The van der Waals surface area contributed by atoms with Crippen LogP contribution in [0.5, 0.6) is 5.75 Å². The van der Waals surface area contributed by atoms with Gasteiger partial charge in [0.25, 0.3) is 0 Å². The first-order chi connectivity index (χ1) is 58.0. The molecule has 5 aromatic rings. The number of phenols is 1. The maximum absolute atomic E-state index is 14.8. The number of aromatic hydroxyl groups is 1. The number of guanidine groups is 1. The number of hydrogen-bond donors (Lipinski definition) is 23. The molecule has 0 bridgehead atoms. The van der Waals surface area contributed by atoms with Crippen molar-refractivity contribution in [1.29, 1.82) is 5.41 Å². The summed E-state index contributed by atoms with van der Waals surface area (Å²) in [5.74, 6) is -15.6. The highest BCUT2D eigenvalue weighted by atomic mass is 16.3. The number of nitrogens with two attached hydrogens (primary N) is 4. The maximum Gasteiger partial charge on any atom is 0.243 e. The molecule has 1 aliphatic heterocycles. The lowest BCUT2D eigenvalue weighted by atomic mass is 10.0. The van der Waals surface area contributed by atoms with Gasteiger partial charge in [0.1, 0.15) is 78.3 Å². The van der Waals surface area contributed by atoms with E-state index in [0.29, 0.717) is 46.1 Å². The fraction of sp³-hybridized carbons (Fsp3) is 0.494. The van der Waals surface area contributed by atoms with E-state index in [-0.39, 0.29) is 102 Å². The molecule has 1 aliphatic rings. The van der Waals surface area contributed by atoms with Gasteiger partial charge in [0, 0.05) is 87.8 Å². The van der Waals surface area contributed by atoms with Crippen LogP contribution in [0.2, 0.25) is 0 Å². The Morgan fingerprint density at radius 3 is 1.59 bits per heavy atom. The highest BCUT2D eigenvalue weighted by molar-refractivity contribution is 6.00. The number of fused-ring (bicyclic) bond motifs is 1. The third kappa shape index (κ3) is 33.3. The molecule has 0 radical (unpaired) electrons. The van der Waals surface area contributed by atoms with Gasteiger partial charge in [0.05, 0.1) is 18.6 Å². The van der Waals surface area contributed by atoms with Gasteiger partial charge in [-0.25, -0.2) is 4.98 Å². The number of rotatable bonds is 52. The normalized spacial score (nSPS) is 15.0. The van der Waals surface area contributed by atoms with Crippen LogP contribution in [-0.4, -0.2) is 219 Å². The van der Waals surface area contributed by atoms with Crippen molar-refractivity contribution in [3.63, 3.8) is 0 Å². The third-order valence-electron chi connectivity index (χ3n) is 19.8. The molecule has 122 heavy (non-hydrogen) atoms. The number of benzene rings is 3.